The van der Waals surface area contributed by atoms with Crippen molar-refractivity contribution in [3.63, 3.8) is 0 Å². The number of halogens is 1. The number of nitrogens with zero attached hydrogens (tertiary/aromatic N) is 2. The second kappa shape index (κ2) is 13.1. The zero-order chi connectivity index (χ0) is 26.2. The Balaban J connectivity index is 2.15. The molecule has 0 atom stereocenters. The SMILES string of the molecule is Cc1cc(-c2nc(N(CCCCNC(=O)OC(C)(C)C)CCC(=O)O)sc2CC(C)C)ccc1Cl. The topological polar surface area (TPSA) is 91.8 Å². The molecular weight excluding hydrogens is 486 g/mol. The molecular formula is C26H38ClN3O4S. The number of hydrogen-bond acceptors (Lipinski definition) is 6. The Morgan fingerprint density at radius 3 is 2.54 bits per heavy atom. The van der Waals surface area contributed by atoms with Gasteiger partial charge in [0.1, 0.15) is 5.60 Å². The van der Waals surface area contributed by atoms with Crippen LogP contribution in [-0.2, 0) is 16.0 Å². The lowest BCUT2D eigenvalue weighted by atomic mass is 10.0. The van der Waals surface area contributed by atoms with Crippen LogP contribution in [0.3, 0.4) is 0 Å². The van der Waals surface area contributed by atoms with Gasteiger partial charge in [0, 0.05) is 35.1 Å². The Kier molecular flexibility index (Phi) is 10.8. The Bertz CT molecular complexity index is 1000. The van der Waals surface area contributed by atoms with Crippen LogP contribution in [0.15, 0.2) is 18.2 Å². The number of aromatic nitrogens is 1. The van der Waals surface area contributed by atoms with Crippen molar-refractivity contribution in [1.29, 1.82) is 0 Å². The lowest BCUT2D eigenvalue weighted by molar-refractivity contribution is -0.136. The van der Waals surface area contributed by atoms with Crippen LogP contribution in [-0.4, -0.2) is 47.4 Å². The van der Waals surface area contributed by atoms with E-state index in [0.29, 0.717) is 25.6 Å². The van der Waals surface area contributed by atoms with Crippen LogP contribution >= 0.6 is 22.9 Å². The number of carbonyl (C=O) groups is 2. The van der Waals surface area contributed by atoms with Gasteiger partial charge in [0.2, 0.25) is 0 Å². The molecule has 0 saturated carbocycles. The van der Waals surface area contributed by atoms with Gasteiger partial charge < -0.3 is 20.1 Å². The zero-order valence-electron chi connectivity index (χ0n) is 21.6. The van der Waals surface area contributed by atoms with Crippen LogP contribution in [0.2, 0.25) is 5.02 Å². The third-order valence-electron chi connectivity index (χ3n) is 5.10. The molecule has 0 bridgehead atoms. The Morgan fingerprint density at radius 2 is 1.94 bits per heavy atom. The third-order valence-corrected chi connectivity index (χ3v) is 6.66. The minimum absolute atomic E-state index is 0.0324. The molecule has 2 aromatic rings. The summed E-state index contributed by atoms with van der Waals surface area (Å²) in [6.07, 6.45) is 2.02. The number of carbonyl (C=O) groups excluding carboxylic acids is 1. The molecule has 1 aromatic carbocycles. The number of nitrogens with one attached hydrogen (secondary N) is 1. The van der Waals surface area contributed by atoms with Gasteiger partial charge in [-0.25, -0.2) is 9.78 Å². The maximum atomic E-state index is 11.8. The molecule has 0 fully saturated rings. The Labute approximate surface area is 217 Å². The van der Waals surface area contributed by atoms with Crippen LogP contribution in [0.4, 0.5) is 9.93 Å². The van der Waals surface area contributed by atoms with Crippen molar-refractivity contribution in [3.8, 4) is 11.3 Å². The third kappa shape index (κ3) is 10.1. The number of rotatable bonds is 12. The van der Waals surface area contributed by atoms with E-state index in [-0.39, 0.29) is 6.42 Å². The number of carboxylic acids is 1. The summed E-state index contributed by atoms with van der Waals surface area (Å²) in [5, 5.41) is 13.6. The first kappa shape index (κ1) is 28.9. The maximum absolute atomic E-state index is 11.8. The van der Waals surface area contributed by atoms with Crippen molar-refractivity contribution >= 4 is 40.1 Å². The molecule has 35 heavy (non-hydrogen) atoms. The summed E-state index contributed by atoms with van der Waals surface area (Å²) in [5.41, 5.74) is 2.42. The van der Waals surface area contributed by atoms with E-state index in [2.05, 4.69) is 25.2 Å². The fraction of sp³-hybridized carbons (Fsp3) is 0.577. The largest absolute Gasteiger partial charge is 0.481 e. The number of alkyl carbamates (subject to hydrolysis) is 1. The fourth-order valence-corrected chi connectivity index (χ4v) is 4.93. The minimum Gasteiger partial charge on any atom is -0.481 e. The van der Waals surface area contributed by atoms with Gasteiger partial charge in [0.25, 0.3) is 0 Å². The molecule has 9 heteroatoms. The Hall–Kier alpha value is -2.32. The van der Waals surface area contributed by atoms with Gasteiger partial charge in [0.05, 0.1) is 12.1 Å². The van der Waals surface area contributed by atoms with Gasteiger partial charge in [-0.05, 0) is 70.6 Å². The van der Waals surface area contributed by atoms with Crippen molar-refractivity contribution < 1.29 is 19.4 Å². The van der Waals surface area contributed by atoms with E-state index < -0.39 is 17.7 Å². The average molecular weight is 524 g/mol. The molecule has 0 aliphatic heterocycles. The van der Waals surface area contributed by atoms with E-state index in [0.717, 1.165) is 46.2 Å². The van der Waals surface area contributed by atoms with E-state index in [1.807, 2.05) is 44.7 Å². The van der Waals surface area contributed by atoms with Crippen LogP contribution in [0.5, 0.6) is 0 Å². The molecule has 2 rings (SSSR count). The number of benzene rings is 1. The average Bonchev–Trinajstić information content (AvgIpc) is 3.13. The van der Waals surface area contributed by atoms with Crippen molar-refractivity contribution in [2.24, 2.45) is 5.92 Å². The molecule has 1 aromatic heterocycles. The molecule has 7 nitrogen and oxygen atoms in total. The lowest BCUT2D eigenvalue weighted by Crippen LogP contribution is -2.33. The smallest absolute Gasteiger partial charge is 0.407 e. The van der Waals surface area contributed by atoms with Crippen LogP contribution in [0.25, 0.3) is 11.3 Å². The number of thiazole rings is 1. The highest BCUT2D eigenvalue weighted by Crippen LogP contribution is 2.36. The molecule has 1 heterocycles. The maximum Gasteiger partial charge on any atom is 0.407 e. The molecule has 0 aliphatic carbocycles. The molecule has 0 radical (unpaired) electrons. The predicted octanol–water partition coefficient (Wildman–Crippen LogP) is 6.56. The molecule has 0 saturated heterocycles. The van der Waals surface area contributed by atoms with Crippen molar-refractivity contribution in [1.82, 2.24) is 10.3 Å². The van der Waals surface area contributed by atoms with Crippen LogP contribution in [0.1, 0.15) is 64.3 Å². The molecule has 1 amide bonds. The summed E-state index contributed by atoms with van der Waals surface area (Å²) >= 11 is 7.86. The summed E-state index contributed by atoms with van der Waals surface area (Å²) in [4.78, 5) is 31.3. The highest BCUT2D eigenvalue weighted by molar-refractivity contribution is 7.16. The van der Waals surface area contributed by atoms with Crippen molar-refractivity contribution in [2.75, 3.05) is 24.5 Å². The van der Waals surface area contributed by atoms with Gasteiger partial charge in [-0.3, -0.25) is 4.79 Å². The summed E-state index contributed by atoms with van der Waals surface area (Å²) in [5.74, 6) is -0.379. The van der Waals surface area contributed by atoms with E-state index >= 15 is 0 Å². The summed E-state index contributed by atoms with van der Waals surface area (Å²) in [7, 11) is 0. The second-order valence-electron chi connectivity index (χ2n) is 10.1. The monoisotopic (exact) mass is 523 g/mol. The van der Waals surface area contributed by atoms with E-state index in [4.69, 9.17) is 21.3 Å². The van der Waals surface area contributed by atoms with E-state index in [1.165, 1.54) is 4.88 Å². The molecule has 0 spiro atoms. The normalized spacial score (nSPS) is 11.5. The fourth-order valence-electron chi connectivity index (χ4n) is 3.47. The number of amides is 1. The van der Waals surface area contributed by atoms with Crippen molar-refractivity contribution in [2.45, 2.75) is 72.8 Å². The van der Waals surface area contributed by atoms with Gasteiger partial charge in [-0.15, -0.1) is 11.3 Å². The highest BCUT2D eigenvalue weighted by atomic mass is 35.5. The number of unbranched alkanes of at least 4 members (excludes halogenated alkanes) is 1. The van der Waals surface area contributed by atoms with E-state index in [1.54, 1.807) is 11.3 Å². The van der Waals surface area contributed by atoms with Gasteiger partial charge in [-0.2, -0.15) is 0 Å². The first-order valence-corrected chi connectivity index (χ1v) is 13.2. The minimum atomic E-state index is -0.839. The Morgan fingerprint density at radius 1 is 1.23 bits per heavy atom. The summed E-state index contributed by atoms with van der Waals surface area (Å²) in [6.45, 7) is 13.3. The molecule has 0 unspecified atom stereocenters. The van der Waals surface area contributed by atoms with Crippen LogP contribution in [0, 0.1) is 12.8 Å². The van der Waals surface area contributed by atoms with E-state index in [9.17, 15) is 14.7 Å². The van der Waals surface area contributed by atoms with Crippen LogP contribution < -0.4 is 10.2 Å². The first-order chi connectivity index (χ1) is 16.4. The molecule has 2 N–H and O–H groups in total. The van der Waals surface area contributed by atoms with Gasteiger partial charge >= 0.3 is 12.1 Å². The number of aliphatic carboxylic acids is 1. The van der Waals surface area contributed by atoms with Gasteiger partial charge in [-0.1, -0.05) is 31.5 Å². The quantitative estimate of drug-likeness (QED) is 0.306. The van der Waals surface area contributed by atoms with Crippen molar-refractivity contribution in [3.05, 3.63) is 33.7 Å². The number of carboxylic acid groups (broad SMARTS) is 1. The first-order valence-electron chi connectivity index (χ1n) is 12.1. The second-order valence-corrected chi connectivity index (χ2v) is 11.6. The molecule has 194 valence electrons. The zero-order valence-corrected chi connectivity index (χ0v) is 23.2. The highest BCUT2D eigenvalue weighted by Gasteiger charge is 2.20. The number of aryl methyl sites for hydroxylation is 1. The summed E-state index contributed by atoms with van der Waals surface area (Å²) in [6, 6.07) is 5.93. The molecule has 0 aliphatic rings. The predicted molar refractivity (Wildman–Crippen MR) is 144 cm³/mol. The van der Waals surface area contributed by atoms with Gasteiger partial charge in [0.15, 0.2) is 5.13 Å². The lowest BCUT2D eigenvalue weighted by Gasteiger charge is -2.21. The number of ether oxygens (including phenoxy) is 1. The number of hydrogen-bond donors (Lipinski definition) is 2. The summed E-state index contributed by atoms with van der Waals surface area (Å²) < 4.78 is 5.26. The number of anilines is 1. The standard InChI is InChI=1S/C26H38ClN3O4S/c1-17(2)15-21-23(19-9-10-20(27)18(3)16-19)29-24(35-21)30(14-11-22(31)32)13-8-7-12-28-25(33)34-26(4,5)6/h9-10,16-17H,7-8,11-15H2,1-6H3,(H,28,33)(H,31,32).